The number of nitrogens with zero attached hydrogens (tertiary/aromatic N) is 1. The van der Waals surface area contributed by atoms with Crippen LogP contribution >= 0.6 is 7.05 Å². The molecule has 0 unspecified atom stereocenters. The van der Waals surface area contributed by atoms with Gasteiger partial charge in [-0.2, -0.15) is 0 Å². The Kier molecular flexibility index (Phi) is 6.13. The molecule has 0 N–H and O–H groups in total. The molecule has 1 aliphatic rings. The quantitative estimate of drug-likeness (QED) is 0.537. The Balaban J connectivity index is 2.88. The monoisotopic (exact) mass is 239 g/mol. The molecule has 0 aromatic carbocycles. The molecule has 0 spiro atoms. The highest BCUT2D eigenvalue weighted by Crippen LogP contribution is 2.52. The lowest BCUT2D eigenvalue weighted by atomic mass is 10.4. The van der Waals surface area contributed by atoms with Gasteiger partial charge in [-0.1, -0.05) is 52.2 Å². The van der Waals surface area contributed by atoms with E-state index in [1.165, 1.54) is 43.4 Å². The molecule has 1 rings (SSSR count). The molecule has 0 aromatic rings. The number of hydrogen-bond donors (Lipinski definition) is 0. The second-order valence-corrected chi connectivity index (χ2v) is 8.39. The minimum absolute atomic E-state index is 1.03. The second-order valence-electron chi connectivity index (χ2n) is 4.66. The Hall–Kier alpha value is -0.290. The fourth-order valence-corrected chi connectivity index (χ4v) is 6.68. The SMILES string of the molecule is CCCP(CCC)(CCC)=NC1=CC=CC1. The van der Waals surface area contributed by atoms with Crippen molar-refractivity contribution in [1.29, 1.82) is 0 Å². The van der Waals surface area contributed by atoms with Gasteiger partial charge in [-0.05, 0) is 31.6 Å². The topological polar surface area (TPSA) is 12.4 Å². The van der Waals surface area contributed by atoms with E-state index < -0.39 is 7.05 Å². The average Bonchev–Trinajstić information content (AvgIpc) is 2.71. The second kappa shape index (κ2) is 7.12. The van der Waals surface area contributed by atoms with Crippen molar-refractivity contribution >= 4 is 7.05 Å². The highest BCUT2D eigenvalue weighted by Gasteiger charge is 2.17. The molecule has 0 aromatic heterocycles. The first kappa shape index (κ1) is 13.8. The van der Waals surface area contributed by atoms with Crippen molar-refractivity contribution in [1.82, 2.24) is 0 Å². The van der Waals surface area contributed by atoms with Gasteiger partial charge in [-0.25, -0.2) is 0 Å². The van der Waals surface area contributed by atoms with Crippen molar-refractivity contribution in [3.8, 4) is 0 Å². The van der Waals surface area contributed by atoms with Crippen LogP contribution in [0, 0.1) is 0 Å². The van der Waals surface area contributed by atoms with Gasteiger partial charge in [0.1, 0.15) is 0 Å². The Labute approximate surface area is 101 Å². The van der Waals surface area contributed by atoms with Gasteiger partial charge in [-0.15, -0.1) is 0 Å². The fourth-order valence-electron chi connectivity index (χ4n) is 2.52. The molecule has 0 saturated heterocycles. The molecule has 0 atom stereocenters. The molecule has 0 aliphatic heterocycles. The molecule has 16 heavy (non-hydrogen) atoms. The fraction of sp³-hybridized carbons (Fsp3) is 0.714. The summed E-state index contributed by atoms with van der Waals surface area (Å²) in [5, 5.41) is 0. The molecule has 2 heteroatoms. The van der Waals surface area contributed by atoms with E-state index in [9.17, 15) is 0 Å². The number of rotatable bonds is 7. The highest BCUT2D eigenvalue weighted by molar-refractivity contribution is 7.66. The van der Waals surface area contributed by atoms with Gasteiger partial charge in [-0.3, -0.25) is 4.74 Å². The van der Waals surface area contributed by atoms with Crippen LogP contribution in [0.15, 0.2) is 28.7 Å². The summed E-state index contributed by atoms with van der Waals surface area (Å²) >= 11 is 0. The van der Waals surface area contributed by atoms with Crippen molar-refractivity contribution < 1.29 is 0 Å². The molecule has 1 nitrogen and oxygen atoms in total. The van der Waals surface area contributed by atoms with E-state index in [1.807, 2.05) is 0 Å². The number of hydrogen-bond acceptors (Lipinski definition) is 1. The Morgan fingerprint density at radius 3 is 2.00 bits per heavy atom. The summed E-state index contributed by atoms with van der Waals surface area (Å²) in [6.45, 7) is 6.91. The normalized spacial score (nSPS) is 15.3. The lowest BCUT2D eigenvalue weighted by Crippen LogP contribution is -2.00. The average molecular weight is 239 g/mol. The van der Waals surface area contributed by atoms with Crippen molar-refractivity contribution in [3.05, 3.63) is 23.9 Å². The zero-order valence-corrected chi connectivity index (χ0v) is 12.0. The lowest BCUT2D eigenvalue weighted by Gasteiger charge is -2.24. The van der Waals surface area contributed by atoms with Crippen LogP contribution in [0.4, 0.5) is 0 Å². The van der Waals surface area contributed by atoms with Crippen LogP contribution in [0.5, 0.6) is 0 Å². The summed E-state index contributed by atoms with van der Waals surface area (Å²) in [4.78, 5) is 0. The van der Waals surface area contributed by atoms with Gasteiger partial charge in [0, 0.05) is 12.1 Å². The van der Waals surface area contributed by atoms with E-state index >= 15 is 0 Å². The van der Waals surface area contributed by atoms with E-state index in [0.29, 0.717) is 0 Å². The van der Waals surface area contributed by atoms with Gasteiger partial charge in [0.2, 0.25) is 0 Å². The van der Waals surface area contributed by atoms with Gasteiger partial charge in [0.25, 0.3) is 0 Å². The zero-order valence-electron chi connectivity index (χ0n) is 11.1. The first-order chi connectivity index (χ1) is 7.76. The molecule has 92 valence electrons. The smallest absolute Gasteiger partial charge is 0.0425 e. The van der Waals surface area contributed by atoms with Crippen LogP contribution in [0.1, 0.15) is 46.5 Å². The highest BCUT2D eigenvalue weighted by atomic mass is 31.2. The first-order valence-electron chi connectivity index (χ1n) is 6.71. The summed E-state index contributed by atoms with van der Waals surface area (Å²) in [6, 6.07) is 0. The van der Waals surface area contributed by atoms with Gasteiger partial charge in [0.15, 0.2) is 0 Å². The van der Waals surface area contributed by atoms with E-state index in [-0.39, 0.29) is 0 Å². The largest absolute Gasteiger partial charge is 0.272 e. The van der Waals surface area contributed by atoms with Crippen molar-refractivity contribution in [3.63, 3.8) is 0 Å². The maximum Gasteiger partial charge on any atom is 0.0425 e. The molecule has 0 amide bonds. The third-order valence-electron chi connectivity index (χ3n) is 3.01. The van der Waals surface area contributed by atoms with E-state index in [0.717, 1.165) is 6.42 Å². The molecule has 0 fully saturated rings. The van der Waals surface area contributed by atoms with Gasteiger partial charge >= 0.3 is 0 Å². The maximum absolute atomic E-state index is 5.19. The summed E-state index contributed by atoms with van der Waals surface area (Å²) < 4.78 is 5.19. The minimum atomic E-state index is -1.03. The van der Waals surface area contributed by atoms with Crippen LogP contribution in [-0.2, 0) is 0 Å². The third kappa shape index (κ3) is 3.94. The predicted molar refractivity (Wildman–Crippen MR) is 76.7 cm³/mol. The molecule has 0 heterocycles. The van der Waals surface area contributed by atoms with Gasteiger partial charge < -0.3 is 0 Å². The van der Waals surface area contributed by atoms with Crippen LogP contribution in [0.2, 0.25) is 0 Å². The van der Waals surface area contributed by atoms with Crippen molar-refractivity contribution in [2.24, 2.45) is 4.74 Å². The minimum Gasteiger partial charge on any atom is -0.272 e. The predicted octanol–water partition coefficient (Wildman–Crippen LogP) is 5.26. The molecular formula is C14H26NP. The van der Waals surface area contributed by atoms with E-state index in [4.69, 9.17) is 4.74 Å². The van der Waals surface area contributed by atoms with Crippen molar-refractivity contribution in [2.75, 3.05) is 18.5 Å². The van der Waals surface area contributed by atoms with Crippen LogP contribution in [0.25, 0.3) is 0 Å². The van der Waals surface area contributed by atoms with Gasteiger partial charge in [0.05, 0.1) is 0 Å². The molecule has 0 bridgehead atoms. The Morgan fingerprint density at radius 1 is 1.06 bits per heavy atom. The zero-order chi connectivity index (χ0) is 11.9. The maximum atomic E-state index is 5.19. The molecule has 0 saturated carbocycles. The summed E-state index contributed by atoms with van der Waals surface area (Å²) in [6.07, 6.45) is 15.6. The molecular weight excluding hydrogens is 213 g/mol. The van der Waals surface area contributed by atoms with Crippen LogP contribution in [-0.4, -0.2) is 18.5 Å². The number of allylic oxidation sites excluding steroid dienone is 3. The van der Waals surface area contributed by atoms with Crippen LogP contribution in [0.3, 0.4) is 0 Å². The standard InChI is InChI=1S/C14H26NP/c1-4-11-16(12-5-2,13-6-3)15-14-9-7-8-10-14/h7-9H,4-6,10-13H2,1-3H3. The Bertz CT molecular complexity index is 289. The van der Waals surface area contributed by atoms with Crippen molar-refractivity contribution in [2.45, 2.75) is 46.5 Å². The Morgan fingerprint density at radius 2 is 1.62 bits per heavy atom. The molecule has 0 radical (unpaired) electrons. The molecule has 1 aliphatic carbocycles. The summed E-state index contributed by atoms with van der Waals surface area (Å²) in [5.41, 5.74) is 1.34. The lowest BCUT2D eigenvalue weighted by molar-refractivity contribution is 0.997. The first-order valence-corrected chi connectivity index (χ1v) is 9.01. The summed E-state index contributed by atoms with van der Waals surface area (Å²) in [5.74, 6) is 0. The van der Waals surface area contributed by atoms with E-state index in [1.54, 1.807) is 0 Å². The third-order valence-corrected chi connectivity index (χ3v) is 7.53. The van der Waals surface area contributed by atoms with Crippen LogP contribution < -0.4 is 0 Å². The summed E-state index contributed by atoms with van der Waals surface area (Å²) in [7, 11) is -1.03. The van der Waals surface area contributed by atoms with E-state index in [2.05, 4.69) is 39.0 Å².